The van der Waals surface area contributed by atoms with Gasteiger partial charge in [0.05, 0.1) is 12.1 Å². The first-order valence-electron chi connectivity index (χ1n) is 7.08. The molecule has 0 aliphatic carbocycles. The van der Waals surface area contributed by atoms with E-state index in [0.717, 1.165) is 15.7 Å². The molecule has 3 rings (SSSR count). The lowest BCUT2D eigenvalue weighted by molar-refractivity contribution is -0.117. The normalized spacial score (nSPS) is 12.9. The molecule has 112 valence electrons. The number of benzene rings is 2. The maximum absolute atomic E-state index is 12.3. The molecule has 5 heteroatoms. The highest BCUT2D eigenvalue weighted by Crippen LogP contribution is 2.27. The number of hydrogen-bond acceptors (Lipinski definition) is 2. The van der Waals surface area contributed by atoms with Gasteiger partial charge in [0, 0.05) is 15.8 Å². The Kier molecular flexibility index (Phi) is 4.42. The minimum atomic E-state index is -0.217. The Morgan fingerprint density at radius 3 is 2.64 bits per heavy atom. The molecule has 2 aromatic carbocycles. The van der Waals surface area contributed by atoms with E-state index in [4.69, 9.17) is 0 Å². The van der Waals surface area contributed by atoms with E-state index in [1.54, 1.807) is 11.0 Å². The number of carbonyl (C=O) groups excluding carboxylic acids is 2. The Morgan fingerprint density at radius 2 is 1.82 bits per heavy atom. The van der Waals surface area contributed by atoms with Crippen molar-refractivity contribution in [2.45, 2.75) is 6.42 Å². The van der Waals surface area contributed by atoms with Crippen LogP contribution in [0.25, 0.3) is 0 Å². The fourth-order valence-corrected chi connectivity index (χ4v) is 3.22. The van der Waals surface area contributed by atoms with Gasteiger partial charge in [0.15, 0.2) is 0 Å². The Labute approximate surface area is 142 Å². The molecule has 4 nitrogen and oxygen atoms in total. The quantitative estimate of drug-likeness (QED) is 0.797. The van der Waals surface area contributed by atoms with Crippen LogP contribution in [0.2, 0.25) is 0 Å². The number of rotatable bonds is 3. The van der Waals surface area contributed by atoms with Crippen molar-refractivity contribution in [3.05, 3.63) is 63.2 Å². The van der Waals surface area contributed by atoms with Crippen LogP contribution in [0.1, 0.15) is 15.9 Å². The fraction of sp³-hybridized carbons (Fsp3) is 0.176. The molecule has 0 fully saturated rings. The molecular weight excluding hydrogens is 391 g/mol. The van der Waals surface area contributed by atoms with Crippen molar-refractivity contribution in [3.8, 4) is 0 Å². The molecule has 0 saturated carbocycles. The Balaban J connectivity index is 1.64. The lowest BCUT2D eigenvalue weighted by Gasteiger charge is -2.17. The molecule has 0 unspecified atom stereocenters. The van der Waals surface area contributed by atoms with Crippen molar-refractivity contribution in [2.24, 2.45) is 0 Å². The minimum absolute atomic E-state index is 0.0120. The molecule has 1 aliphatic rings. The molecule has 1 heterocycles. The van der Waals surface area contributed by atoms with Crippen molar-refractivity contribution in [1.29, 1.82) is 0 Å². The molecule has 2 aromatic rings. The summed E-state index contributed by atoms with van der Waals surface area (Å²) >= 11 is 2.11. The average Bonchev–Trinajstić information content (AvgIpc) is 2.97. The summed E-state index contributed by atoms with van der Waals surface area (Å²) in [6, 6.07) is 15.2. The molecule has 0 spiro atoms. The molecule has 2 amide bonds. The summed E-state index contributed by atoms with van der Waals surface area (Å²) in [5.74, 6) is -0.296. The van der Waals surface area contributed by atoms with Gasteiger partial charge in [-0.05, 0) is 52.8 Å². The lowest BCUT2D eigenvalue weighted by Crippen LogP contribution is -2.39. The van der Waals surface area contributed by atoms with Crippen LogP contribution in [0.4, 0.5) is 5.69 Å². The van der Waals surface area contributed by atoms with Gasteiger partial charge in [-0.1, -0.05) is 30.3 Å². The van der Waals surface area contributed by atoms with Gasteiger partial charge < -0.3 is 10.2 Å². The van der Waals surface area contributed by atoms with E-state index in [-0.39, 0.29) is 18.4 Å². The van der Waals surface area contributed by atoms with Crippen molar-refractivity contribution >= 4 is 40.1 Å². The van der Waals surface area contributed by atoms with Crippen molar-refractivity contribution in [2.75, 3.05) is 18.0 Å². The SMILES string of the molecule is O=C(NCC(=O)N1CCc2ccccc21)c1ccccc1I. The molecule has 0 radical (unpaired) electrons. The minimum Gasteiger partial charge on any atom is -0.343 e. The van der Waals surface area contributed by atoms with Crippen LogP contribution in [0.15, 0.2) is 48.5 Å². The number of hydrogen-bond donors (Lipinski definition) is 1. The van der Waals surface area contributed by atoms with Crippen LogP contribution < -0.4 is 10.2 Å². The summed E-state index contributed by atoms with van der Waals surface area (Å²) in [7, 11) is 0. The van der Waals surface area contributed by atoms with Gasteiger partial charge in [-0.25, -0.2) is 0 Å². The Hall–Kier alpha value is -1.89. The van der Waals surface area contributed by atoms with Gasteiger partial charge in [-0.15, -0.1) is 0 Å². The smallest absolute Gasteiger partial charge is 0.252 e. The second-order valence-corrected chi connectivity index (χ2v) is 6.25. The second kappa shape index (κ2) is 6.48. The number of amides is 2. The highest BCUT2D eigenvalue weighted by molar-refractivity contribution is 14.1. The molecule has 0 bridgehead atoms. The number of carbonyl (C=O) groups is 2. The number of nitrogens with zero attached hydrogens (tertiary/aromatic N) is 1. The predicted octanol–water partition coefficient (Wildman–Crippen LogP) is 2.61. The third-order valence-corrected chi connectivity index (χ3v) is 4.65. The number of fused-ring (bicyclic) bond motifs is 1. The van der Waals surface area contributed by atoms with Crippen LogP contribution in [0, 0.1) is 3.57 Å². The van der Waals surface area contributed by atoms with Crippen LogP contribution in [-0.2, 0) is 11.2 Å². The van der Waals surface area contributed by atoms with E-state index >= 15 is 0 Å². The highest BCUT2D eigenvalue weighted by Gasteiger charge is 2.24. The predicted molar refractivity (Wildman–Crippen MR) is 94.0 cm³/mol. The highest BCUT2D eigenvalue weighted by atomic mass is 127. The first-order chi connectivity index (χ1) is 10.7. The van der Waals surface area contributed by atoms with Crippen LogP contribution >= 0.6 is 22.6 Å². The fourth-order valence-electron chi connectivity index (χ4n) is 2.59. The van der Waals surface area contributed by atoms with Gasteiger partial charge in [-0.3, -0.25) is 9.59 Å². The third-order valence-electron chi connectivity index (χ3n) is 3.71. The maximum Gasteiger partial charge on any atom is 0.252 e. The molecule has 0 atom stereocenters. The van der Waals surface area contributed by atoms with E-state index in [2.05, 4.69) is 27.9 Å². The molecule has 0 saturated heterocycles. The molecule has 0 aromatic heterocycles. The zero-order chi connectivity index (χ0) is 15.5. The van der Waals surface area contributed by atoms with E-state index in [1.165, 1.54) is 5.56 Å². The monoisotopic (exact) mass is 406 g/mol. The van der Waals surface area contributed by atoms with Gasteiger partial charge >= 0.3 is 0 Å². The van der Waals surface area contributed by atoms with E-state index < -0.39 is 0 Å². The summed E-state index contributed by atoms with van der Waals surface area (Å²) in [5, 5.41) is 2.71. The number of halogens is 1. The average molecular weight is 406 g/mol. The van der Waals surface area contributed by atoms with Crippen LogP contribution in [-0.4, -0.2) is 24.9 Å². The standard InChI is InChI=1S/C17H15IN2O2/c18-14-7-3-2-6-13(14)17(22)19-11-16(21)20-10-9-12-5-1-4-8-15(12)20/h1-8H,9-11H2,(H,19,22). The Bertz CT molecular complexity index is 730. The summed E-state index contributed by atoms with van der Waals surface area (Å²) in [6.45, 7) is 0.690. The van der Waals surface area contributed by atoms with Gasteiger partial charge in [0.2, 0.25) is 5.91 Å². The molecular formula is C17H15IN2O2. The summed E-state index contributed by atoms with van der Waals surface area (Å²) < 4.78 is 0.872. The number of anilines is 1. The lowest BCUT2D eigenvalue weighted by atomic mass is 10.2. The molecule has 1 aliphatic heterocycles. The first kappa shape index (κ1) is 15.0. The second-order valence-electron chi connectivity index (χ2n) is 5.09. The largest absolute Gasteiger partial charge is 0.343 e. The molecule has 1 N–H and O–H groups in total. The topological polar surface area (TPSA) is 49.4 Å². The number of nitrogens with one attached hydrogen (secondary N) is 1. The third kappa shape index (κ3) is 2.99. The first-order valence-corrected chi connectivity index (χ1v) is 8.15. The van der Waals surface area contributed by atoms with Crippen LogP contribution in [0.3, 0.4) is 0 Å². The van der Waals surface area contributed by atoms with Crippen molar-refractivity contribution in [1.82, 2.24) is 5.32 Å². The van der Waals surface area contributed by atoms with Gasteiger partial charge in [-0.2, -0.15) is 0 Å². The van der Waals surface area contributed by atoms with E-state index in [0.29, 0.717) is 12.1 Å². The summed E-state index contributed by atoms with van der Waals surface area (Å²) in [6.07, 6.45) is 0.868. The summed E-state index contributed by atoms with van der Waals surface area (Å²) in [5.41, 5.74) is 2.73. The van der Waals surface area contributed by atoms with Crippen molar-refractivity contribution in [3.63, 3.8) is 0 Å². The zero-order valence-corrected chi connectivity index (χ0v) is 14.0. The van der Waals surface area contributed by atoms with E-state index in [9.17, 15) is 9.59 Å². The summed E-state index contributed by atoms with van der Waals surface area (Å²) in [4.78, 5) is 26.2. The number of para-hydroxylation sites is 1. The van der Waals surface area contributed by atoms with Gasteiger partial charge in [0.25, 0.3) is 5.91 Å². The van der Waals surface area contributed by atoms with E-state index in [1.807, 2.05) is 42.5 Å². The van der Waals surface area contributed by atoms with Crippen LogP contribution in [0.5, 0.6) is 0 Å². The van der Waals surface area contributed by atoms with Gasteiger partial charge in [0.1, 0.15) is 0 Å². The molecule has 22 heavy (non-hydrogen) atoms. The van der Waals surface area contributed by atoms with Crippen molar-refractivity contribution < 1.29 is 9.59 Å². The zero-order valence-electron chi connectivity index (χ0n) is 11.9. The Morgan fingerprint density at radius 1 is 1.09 bits per heavy atom. The maximum atomic E-state index is 12.3.